The summed E-state index contributed by atoms with van der Waals surface area (Å²) in [5.74, 6) is -1.40. The Morgan fingerprint density at radius 2 is 1.55 bits per heavy atom. The van der Waals surface area contributed by atoms with Gasteiger partial charge in [-0.3, -0.25) is 13.9 Å². The van der Waals surface area contributed by atoms with Crippen LogP contribution >= 0.6 is 0 Å². The van der Waals surface area contributed by atoms with Gasteiger partial charge in [0.05, 0.1) is 19.1 Å². The highest BCUT2D eigenvalue weighted by Crippen LogP contribution is 2.30. The van der Waals surface area contributed by atoms with Gasteiger partial charge in [0.15, 0.2) is 0 Å². The molecule has 0 heterocycles. The fourth-order valence-corrected chi connectivity index (χ4v) is 5.10. The van der Waals surface area contributed by atoms with Crippen molar-refractivity contribution in [2.75, 3.05) is 24.2 Å². The minimum Gasteiger partial charge on any atom is -0.495 e. The lowest BCUT2D eigenvalue weighted by Gasteiger charge is -2.35. The van der Waals surface area contributed by atoms with E-state index >= 15 is 0 Å². The Labute approximate surface area is 235 Å². The molecular formula is C30H36FN3O5S. The number of amides is 2. The zero-order chi connectivity index (χ0) is 29.5. The predicted molar refractivity (Wildman–Crippen MR) is 154 cm³/mol. The van der Waals surface area contributed by atoms with Gasteiger partial charge in [-0.05, 0) is 44.5 Å². The number of sulfonamides is 1. The smallest absolute Gasteiger partial charge is 0.244 e. The summed E-state index contributed by atoms with van der Waals surface area (Å²) >= 11 is 0. The van der Waals surface area contributed by atoms with Crippen LogP contribution in [0.4, 0.5) is 10.1 Å². The van der Waals surface area contributed by atoms with E-state index in [1.807, 2.05) is 51.1 Å². The molecule has 2 amide bonds. The van der Waals surface area contributed by atoms with Gasteiger partial charge >= 0.3 is 0 Å². The van der Waals surface area contributed by atoms with Crippen LogP contribution in [0, 0.1) is 5.82 Å². The predicted octanol–water partition coefficient (Wildman–Crippen LogP) is 4.16. The number of hydrogen-bond donors (Lipinski definition) is 1. The van der Waals surface area contributed by atoms with Gasteiger partial charge < -0.3 is 15.0 Å². The van der Waals surface area contributed by atoms with Crippen LogP contribution in [0.1, 0.15) is 31.9 Å². The van der Waals surface area contributed by atoms with E-state index in [1.54, 1.807) is 24.3 Å². The third-order valence-corrected chi connectivity index (χ3v) is 7.23. The lowest BCUT2D eigenvalue weighted by Crippen LogP contribution is -2.56. The van der Waals surface area contributed by atoms with E-state index in [-0.39, 0.29) is 30.0 Å². The van der Waals surface area contributed by atoms with Gasteiger partial charge in [0.2, 0.25) is 21.8 Å². The van der Waals surface area contributed by atoms with Crippen LogP contribution < -0.4 is 14.4 Å². The topological polar surface area (TPSA) is 96.0 Å². The summed E-state index contributed by atoms with van der Waals surface area (Å²) in [6.07, 6.45) is 1.12. The molecule has 1 atom stereocenters. The number of methoxy groups -OCH3 is 1. The zero-order valence-electron chi connectivity index (χ0n) is 23.4. The summed E-state index contributed by atoms with van der Waals surface area (Å²) in [5.41, 5.74) is 0.535. The average molecular weight is 570 g/mol. The van der Waals surface area contributed by atoms with Gasteiger partial charge in [-0.1, -0.05) is 60.7 Å². The van der Waals surface area contributed by atoms with Crippen LogP contribution in [-0.4, -0.2) is 56.6 Å². The molecule has 40 heavy (non-hydrogen) atoms. The lowest BCUT2D eigenvalue weighted by molar-refractivity contribution is -0.140. The Morgan fingerprint density at radius 1 is 0.950 bits per heavy atom. The maximum absolute atomic E-state index is 14.8. The van der Waals surface area contributed by atoms with Crippen molar-refractivity contribution >= 4 is 27.5 Å². The Kier molecular flexibility index (Phi) is 9.92. The number of benzene rings is 3. The van der Waals surface area contributed by atoms with Crippen LogP contribution in [0.3, 0.4) is 0 Å². The number of rotatable bonds is 11. The second-order valence-electron chi connectivity index (χ2n) is 10.5. The highest BCUT2D eigenvalue weighted by atomic mass is 32.2. The number of nitrogens with zero attached hydrogens (tertiary/aromatic N) is 2. The van der Waals surface area contributed by atoms with Gasteiger partial charge in [-0.25, -0.2) is 12.8 Å². The standard InChI is InChI=1S/C30H36FN3O5S/c1-30(2,3)32-29(36)26(19-22-13-7-6-8-14-22)33(20-23-15-9-10-16-24(23)31)28(35)21-34(40(5,37)38)25-17-11-12-18-27(25)39-4/h6-18,26H,19-21H2,1-5H3,(H,32,36)/t26-/m1/s1. The van der Waals surface area contributed by atoms with Gasteiger partial charge in [0.25, 0.3) is 0 Å². The monoisotopic (exact) mass is 569 g/mol. The molecule has 0 aliphatic heterocycles. The van der Waals surface area contributed by atoms with Crippen molar-refractivity contribution < 1.29 is 27.1 Å². The fourth-order valence-electron chi connectivity index (χ4n) is 4.25. The molecule has 0 unspecified atom stereocenters. The van der Waals surface area contributed by atoms with Gasteiger partial charge in [-0.2, -0.15) is 0 Å². The first-order chi connectivity index (χ1) is 18.8. The molecule has 3 aromatic carbocycles. The highest BCUT2D eigenvalue weighted by Gasteiger charge is 2.35. The molecule has 8 nitrogen and oxygen atoms in total. The van der Waals surface area contributed by atoms with E-state index in [1.165, 1.54) is 36.3 Å². The highest BCUT2D eigenvalue weighted by molar-refractivity contribution is 7.92. The third-order valence-electron chi connectivity index (χ3n) is 6.10. The number of carbonyl (C=O) groups is 2. The summed E-state index contributed by atoms with van der Waals surface area (Å²) < 4.78 is 46.9. The van der Waals surface area contributed by atoms with E-state index < -0.39 is 45.8 Å². The summed E-state index contributed by atoms with van der Waals surface area (Å²) in [5, 5.41) is 2.93. The second-order valence-corrected chi connectivity index (χ2v) is 12.4. The molecule has 0 aromatic heterocycles. The van der Waals surface area contributed by atoms with E-state index in [2.05, 4.69) is 5.32 Å². The number of hydrogen-bond acceptors (Lipinski definition) is 5. The van der Waals surface area contributed by atoms with E-state index in [9.17, 15) is 22.4 Å². The van der Waals surface area contributed by atoms with Crippen molar-refractivity contribution in [2.45, 2.75) is 45.3 Å². The van der Waals surface area contributed by atoms with E-state index in [0.717, 1.165) is 16.1 Å². The molecule has 0 saturated heterocycles. The van der Waals surface area contributed by atoms with Crippen molar-refractivity contribution in [3.05, 3.63) is 95.8 Å². The average Bonchev–Trinajstić information content (AvgIpc) is 2.89. The maximum Gasteiger partial charge on any atom is 0.244 e. The molecule has 3 aromatic rings. The first kappa shape index (κ1) is 30.6. The minimum absolute atomic E-state index is 0.135. The van der Waals surface area contributed by atoms with Gasteiger partial charge in [0.1, 0.15) is 24.2 Å². The van der Waals surface area contributed by atoms with Crippen molar-refractivity contribution in [1.82, 2.24) is 10.2 Å². The molecule has 0 aliphatic rings. The third kappa shape index (κ3) is 8.29. The van der Waals surface area contributed by atoms with E-state index in [4.69, 9.17) is 4.74 Å². The van der Waals surface area contributed by atoms with Crippen molar-refractivity contribution in [3.63, 3.8) is 0 Å². The molecule has 10 heteroatoms. The van der Waals surface area contributed by atoms with Gasteiger partial charge in [0, 0.05) is 24.1 Å². The summed E-state index contributed by atoms with van der Waals surface area (Å²) in [7, 11) is -2.56. The Bertz CT molecular complexity index is 1420. The Morgan fingerprint density at radius 3 is 2.15 bits per heavy atom. The molecular weight excluding hydrogens is 533 g/mol. The number of anilines is 1. The van der Waals surface area contributed by atoms with Crippen molar-refractivity contribution in [2.24, 2.45) is 0 Å². The van der Waals surface area contributed by atoms with Crippen LogP contribution in [0.25, 0.3) is 0 Å². The zero-order valence-corrected chi connectivity index (χ0v) is 24.2. The molecule has 0 saturated carbocycles. The first-order valence-electron chi connectivity index (χ1n) is 12.8. The lowest BCUT2D eigenvalue weighted by atomic mass is 10.0. The fraction of sp³-hybridized carbons (Fsp3) is 0.333. The minimum atomic E-state index is -3.96. The number of nitrogens with one attached hydrogen (secondary N) is 1. The molecule has 0 aliphatic carbocycles. The van der Waals surface area contributed by atoms with Crippen LogP contribution in [0.5, 0.6) is 5.75 Å². The molecule has 0 fully saturated rings. The van der Waals surface area contributed by atoms with Gasteiger partial charge in [-0.15, -0.1) is 0 Å². The van der Waals surface area contributed by atoms with E-state index in [0.29, 0.717) is 0 Å². The van der Waals surface area contributed by atoms with Crippen LogP contribution in [-0.2, 0) is 32.6 Å². The molecule has 0 bridgehead atoms. The van der Waals surface area contributed by atoms with Crippen LogP contribution in [0.15, 0.2) is 78.9 Å². The number of ether oxygens (including phenoxy) is 1. The quantitative estimate of drug-likeness (QED) is 0.374. The number of halogens is 1. The molecule has 3 rings (SSSR count). The van der Waals surface area contributed by atoms with Crippen molar-refractivity contribution in [1.29, 1.82) is 0 Å². The first-order valence-corrected chi connectivity index (χ1v) is 14.6. The normalized spacial score (nSPS) is 12.3. The molecule has 1 N–H and O–H groups in total. The second kappa shape index (κ2) is 13.0. The molecule has 0 radical (unpaired) electrons. The van der Waals surface area contributed by atoms with Crippen molar-refractivity contribution in [3.8, 4) is 5.75 Å². The van der Waals surface area contributed by atoms with Crippen LogP contribution in [0.2, 0.25) is 0 Å². The largest absolute Gasteiger partial charge is 0.495 e. The molecule has 0 spiro atoms. The SMILES string of the molecule is COc1ccccc1N(CC(=O)N(Cc1ccccc1F)[C@H](Cc1ccccc1)C(=O)NC(C)(C)C)S(C)(=O)=O. The summed E-state index contributed by atoms with van der Waals surface area (Å²) in [6, 6.07) is 20.5. The molecule has 214 valence electrons. The maximum atomic E-state index is 14.8. The summed E-state index contributed by atoms with van der Waals surface area (Å²) in [6.45, 7) is 4.59. The number of para-hydroxylation sites is 2. The Balaban J connectivity index is 2.11. The summed E-state index contributed by atoms with van der Waals surface area (Å²) in [4.78, 5) is 29.0. The number of carbonyl (C=O) groups excluding carboxylic acids is 2. The Hall–Kier alpha value is -3.92.